The van der Waals surface area contributed by atoms with Crippen LogP contribution in [0.15, 0.2) is 11.5 Å². The topological polar surface area (TPSA) is 158 Å². The molecule has 0 aromatic heterocycles. The molecule has 96 valence electrons. The van der Waals surface area contributed by atoms with Crippen molar-refractivity contribution in [1.82, 2.24) is 0 Å². The standard InChI is InChI=1S/C4H2O5.2C2H4O2/c5-1-2(6)4(8)9-3(1)7;2*1-2(3)4/h5-6H;2*1H3,(H,3,4). The number of carboxylic acid groups (broad SMARTS) is 2. The van der Waals surface area contributed by atoms with E-state index in [1.54, 1.807) is 0 Å². The molecule has 0 spiro atoms. The molecule has 0 fully saturated rings. The Hall–Kier alpha value is -2.58. The first-order valence-electron chi connectivity index (χ1n) is 3.87. The Morgan fingerprint density at radius 3 is 1.12 bits per heavy atom. The van der Waals surface area contributed by atoms with E-state index in [0.717, 1.165) is 13.8 Å². The Bertz CT molecular complexity index is 323. The van der Waals surface area contributed by atoms with Gasteiger partial charge in [0.2, 0.25) is 0 Å². The molecule has 17 heavy (non-hydrogen) atoms. The number of aliphatic carboxylic acids is 2. The number of ether oxygens (including phenoxy) is 1. The van der Waals surface area contributed by atoms with Crippen LogP contribution < -0.4 is 0 Å². The fourth-order valence-corrected chi connectivity index (χ4v) is 0.374. The summed E-state index contributed by atoms with van der Waals surface area (Å²) in [4.78, 5) is 38.2. The van der Waals surface area contributed by atoms with Gasteiger partial charge in [-0.15, -0.1) is 0 Å². The summed E-state index contributed by atoms with van der Waals surface area (Å²) in [6.45, 7) is 2.17. The maximum Gasteiger partial charge on any atom is 0.385 e. The van der Waals surface area contributed by atoms with Crippen LogP contribution >= 0.6 is 0 Å². The molecule has 4 N–H and O–H groups in total. The first kappa shape index (κ1) is 16.8. The molecule has 1 aliphatic heterocycles. The third-order valence-electron chi connectivity index (χ3n) is 0.796. The van der Waals surface area contributed by atoms with E-state index >= 15 is 0 Å². The van der Waals surface area contributed by atoms with Crippen LogP contribution in [0.25, 0.3) is 0 Å². The Morgan fingerprint density at radius 2 is 1.06 bits per heavy atom. The number of carbonyl (C=O) groups is 4. The molecular formula is C8H10O9. The second kappa shape index (κ2) is 7.68. The highest BCUT2D eigenvalue weighted by Gasteiger charge is 2.32. The largest absolute Gasteiger partial charge is 0.499 e. The van der Waals surface area contributed by atoms with E-state index < -0.39 is 35.4 Å². The number of esters is 2. The van der Waals surface area contributed by atoms with Crippen LogP contribution in [-0.4, -0.2) is 44.3 Å². The summed E-state index contributed by atoms with van der Waals surface area (Å²) in [5, 5.41) is 31.6. The van der Waals surface area contributed by atoms with Gasteiger partial charge in [0.25, 0.3) is 23.5 Å². The number of hydrogen-bond acceptors (Lipinski definition) is 7. The molecule has 0 saturated carbocycles. The fraction of sp³-hybridized carbons (Fsp3) is 0.250. The Balaban J connectivity index is 0. The molecule has 0 atom stereocenters. The molecule has 0 aromatic rings. The van der Waals surface area contributed by atoms with Gasteiger partial charge in [0.05, 0.1) is 0 Å². The van der Waals surface area contributed by atoms with E-state index in [0.29, 0.717) is 0 Å². The molecule has 0 aromatic carbocycles. The van der Waals surface area contributed by atoms with Crippen LogP contribution in [-0.2, 0) is 23.9 Å². The summed E-state index contributed by atoms with van der Waals surface area (Å²) in [6.07, 6.45) is 0. The van der Waals surface area contributed by atoms with E-state index in [4.69, 9.17) is 30.0 Å². The van der Waals surface area contributed by atoms with Crippen molar-refractivity contribution >= 4 is 23.9 Å². The minimum absolute atomic E-state index is 0.833. The van der Waals surface area contributed by atoms with E-state index in [2.05, 4.69) is 4.74 Å². The summed E-state index contributed by atoms with van der Waals surface area (Å²) >= 11 is 0. The van der Waals surface area contributed by atoms with Gasteiger partial charge in [-0.3, -0.25) is 9.59 Å². The van der Waals surface area contributed by atoms with Crippen molar-refractivity contribution in [3.05, 3.63) is 11.5 Å². The van der Waals surface area contributed by atoms with E-state index in [1.807, 2.05) is 0 Å². The quantitative estimate of drug-likeness (QED) is 0.330. The summed E-state index contributed by atoms with van der Waals surface area (Å²) in [7, 11) is 0. The number of rotatable bonds is 0. The second-order valence-electron chi connectivity index (χ2n) is 2.41. The molecule has 1 heterocycles. The van der Waals surface area contributed by atoms with Gasteiger partial charge in [-0.25, -0.2) is 9.59 Å². The van der Waals surface area contributed by atoms with Gasteiger partial charge >= 0.3 is 11.9 Å². The van der Waals surface area contributed by atoms with Crippen LogP contribution in [0.5, 0.6) is 0 Å². The number of hydrogen-bond donors (Lipinski definition) is 4. The van der Waals surface area contributed by atoms with Crippen LogP contribution in [0.2, 0.25) is 0 Å². The number of aliphatic hydroxyl groups excluding tert-OH is 2. The lowest BCUT2D eigenvalue weighted by Gasteiger charge is -1.82. The Kier molecular flexibility index (Phi) is 7.60. The molecule has 0 bridgehead atoms. The second-order valence-corrected chi connectivity index (χ2v) is 2.41. The lowest BCUT2D eigenvalue weighted by atomic mass is 10.4. The SMILES string of the molecule is CC(=O)O.CC(=O)O.O=C1OC(=O)C(O)=C1O. The summed E-state index contributed by atoms with van der Waals surface area (Å²) in [5.41, 5.74) is 0. The maximum absolute atomic E-state index is 10.1. The van der Waals surface area contributed by atoms with Crippen molar-refractivity contribution in [1.29, 1.82) is 0 Å². The van der Waals surface area contributed by atoms with Crippen LogP contribution in [0.3, 0.4) is 0 Å². The average Bonchev–Trinajstić information content (AvgIpc) is 2.31. The third kappa shape index (κ3) is 9.72. The normalized spacial score (nSPS) is 12.8. The van der Waals surface area contributed by atoms with Gasteiger partial charge in [0.15, 0.2) is 0 Å². The van der Waals surface area contributed by atoms with Crippen molar-refractivity contribution in [2.75, 3.05) is 0 Å². The van der Waals surface area contributed by atoms with Crippen molar-refractivity contribution in [2.45, 2.75) is 13.8 Å². The van der Waals surface area contributed by atoms with Gasteiger partial charge in [0.1, 0.15) is 0 Å². The highest BCUT2D eigenvalue weighted by molar-refractivity contribution is 6.09. The number of carbonyl (C=O) groups excluding carboxylic acids is 2. The van der Waals surface area contributed by atoms with Crippen molar-refractivity contribution in [2.24, 2.45) is 0 Å². The minimum Gasteiger partial charge on any atom is -0.499 e. The smallest absolute Gasteiger partial charge is 0.385 e. The minimum atomic E-state index is -1.21. The number of carboxylic acids is 2. The summed E-state index contributed by atoms with van der Waals surface area (Å²) < 4.78 is 3.73. The molecule has 0 radical (unpaired) electrons. The highest BCUT2D eigenvalue weighted by Crippen LogP contribution is 2.10. The molecule has 9 heteroatoms. The predicted molar refractivity (Wildman–Crippen MR) is 50.0 cm³/mol. The Labute approximate surface area is 94.5 Å². The van der Waals surface area contributed by atoms with E-state index in [-0.39, 0.29) is 0 Å². The van der Waals surface area contributed by atoms with Gasteiger partial charge in [-0.05, 0) is 0 Å². The van der Waals surface area contributed by atoms with Gasteiger partial charge < -0.3 is 25.2 Å². The molecular weight excluding hydrogens is 240 g/mol. The molecule has 0 unspecified atom stereocenters. The predicted octanol–water partition coefficient (Wildman–Crippen LogP) is -0.421. The van der Waals surface area contributed by atoms with Gasteiger partial charge in [0, 0.05) is 13.8 Å². The van der Waals surface area contributed by atoms with Crippen LogP contribution in [0.1, 0.15) is 13.8 Å². The molecule has 9 nitrogen and oxygen atoms in total. The molecule has 0 aliphatic carbocycles. The summed E-state index contributed by atoms with van der Waals surface area (Å²) in [5.74, 6) is -6.14. The van der Waals surface area contributed by atoms with Crippen molar-refractivity contribution in [3.63, 3.8) is 0 Å². The van der Waals surface area contributed by atoms with Gasteiger partial charge in [-0.1, -0.05) is 0 Å². The average molecular weight is 250 g/mol. The van der Waals surface area contributed by atoms with Crippen molar-refractivity contribution in [3.8, 4) is 0 Å². The van der Waals surface area contributed by atoms with Gasteiger partial charge in [-0.2, -0.15) is 0 Å². The monoisotopic (exact) mass is 250 g/mol. The zero-order chi connectivity index (χ0) is 14.2. The molecule has 1 rings (SSSR count). The molecule has 0 saturated heterocycles. The lowest BCUT2D eigenvalue weighted by Crippen LogP contribution is -2.01. The maximum atomic E-state index is 10.1. The zero-order valence-corrected chi connectivity index (χ0v) is 8.83. The van der Waals surface area contributed by atoms with E-state index in [1.165, 1.54) is 0 Å². The highest BCUT2D eigenvalue weighted by atomic mass is 16.6. The first-order valence-corrected chi connectivity index (χ1v) is 3.87. The first-order chi connectivity index (χ1) is 7.59. The van der Waals surface area contributed by atoms with Crippen LogP contribution in [0, 0.1) is 0 Å². The lowest BCUT2D eigenvalue weighted by molar-refractivity contribution is -0.153. The van der Waals surface area contributed by atoms with E-state index in [9.17, 15) is 9.59 Å². The Morgan fingerprint density at radius 1 is 0.882 bits per heavy atom. The number of aliphatic hydroxyl groups is 2. The summed E-state index contributed by atoms with van der Waals surface area (Å²) in [6, 6.07) is 0. The van der Waals surface area contributed by atoms with Crippen molar-refractivity contribution < 1.29 is 44.3 Å². The van der Waals surface area contributed by atoms with Crippen LogP contribution in [0.4, 0.5) is 0 Å². The fourth-order valence-electron chi connectivity index (χ4n) is 0.374. The molecule has 1 aliphatic rings. The number of cyclic esters (lactones) is 2. The third-order valence-corrected chi connectivity index (χ3v) is 0.796. The molecule has 0 amide bonds. The zero-order valence-electron chi connectivity index (χ0n) is 8.83.